The monoisotopic (exact) mass is 266 g/mol. The first-order chi connectivity index (χ1) is 9.59. The second-order valence-electron chi connectivity index (χ2n) is 6.84. The van der Waals surface area contributed by atoms with Gasteiger partial charge in [0.1, 0.15) is 11.5 Å². The smallest absolute Gasteiger partial charge is 0.130 e. The molecule has 0 aliphatic heterocycles. The Labute approximate surface area is 121 Å². The van der Waals surface area contributed by atoms with E-state index < -0.39 is 5.31 Å². The van der Waals surface area contributed by atoms with Crippen molar-refractivity contribution in [1.29, 1.82) is 0 Å². The van der Waals surface area contributed by atoms with Crippen LogP contribution in [0.5, 0.6) is 5.75 Å². The predicted octanol–water partition coefficient (Wildman–Crippen LogP) is 3.14. The van der Waals surface area contributed by atoms with E-state index in [9.17, 15) is 9.90 Å². The van der Waals surface area contributed by atoms with Gasteiger partial charge in [-0.15, -0.1) is 0 Å². The van der Waals surface area contributed by atoms with Crippen molar-refractivity contribution in [3.63, 3.8) is 0 Å². The number of hydrogen-bond acceptors (Lipinski definition) is 2. The Morgan fingerprint density at radius 1 is 1.20 bits per heavy atom. The van der Waals surface area contributed by atoms with Crippen LogP contribution >= 0.6 is 0 Å². The summed E-state index contributed by atoms with van der Waals surface area (Å²) in [5, 5.41) is 9.11. The molecule has 2 nitrogen and oxygen atoms in total. The van der Waals surface area contributed by atoms with Gasteiger partial charge in [-0.2, -0.15) is 0 Å². The van der Waals surface area contributed by atoms with Crippen molar-refractivity contribution in [2.75, 3.05) is 0 Å². The molecule has 1 aromatic carbocycles. The van der Waals surface area contributed by atoms with Crippen LogP contribution in [0.1, 0.15) is 49.1 Å². The van der Waals surface area contributed by atoms with Crippen molar-refractivity contribution in [2.24, 2.45) is 11.8 Å². The lowest BCUT2D eigenvalue weighted by atomic mass is 9.48. The second-order valence-corrected chi connectivity index (χ2v) is 6.84. The molecule has 20 heavy (non-hydrogen) atoms. The number of ketones is 1. The van der Waals surface area contributed by atoms with E-state index in [1.807, 2.05) is 6.07 Å². The fourth-order valence-corrected chi connectivity index (χ4v) is 5.07. The molecule has 0 spiro atoms. The van der Waals surface area contributed by atoms with Crippen LogP contribution in [0.25, 0.3) is 0 Å². The maximum absolute atomic E-state index is 12.1. The molecular formula is C17H19BO2. The zero-order valence-corrected chi connectivity index (χ0v) is 11.6. The fraction of sp³-hybridized carbons (Fsp3) is 0.588. The van der Waals surface area contributed by atoms with E-state index in [1.54, 1.807) is 6.07 Å². The molecule has 1 aromatic rings. The fourth-order valence-electron chi connectivity index (χ4n) is 5.07. The molecular weight excluding hydrogens is 247 g/mol. The minimum atomic E-state index is -0.532. The first-order valence-electron chi connectivity index (χ1n) is 7.73. The third-order valence-electron chi connectivity index (χ3n) is 6.04. The Bertz CT molecular complexity index is 582. The Hall–Kier alpha value is -1.25. The summed E-state index contributed by atoms with van der Waals surface area (Å²) >= 11 is 0. The standard InChI is InChI=1S/C17H19BO2/c18-17-8-7-13-12-4-2-11(19)9-10(12)1-3-14(13)15(17)5-6-16(17)20/h2,4,9,13-15,19H,1,3,5-8H2/t13-,14-,15+,17?/m1/s1. The summed E-state index contributed by atoms with van der Waals surface area (Å²) in [6.45, 7) is 0. The summed E-state index contributed by atoms with van der Waals surface area (Å²) < 4.78 is 0. The molecule has 4 atom stereocenters. The van der Waals surface area contributed by atoms with Gasteiger partial charge in [0.05, 0.1) is 7.85 Å². The molecule has 3 heteroatoms. The molecule has 2 radical (unpaired) electrons. The number of hydrogen-bond donors (Lipinski definition) is 1. The van der Waals surface area contributed by atoms with Crippen LogP contribution in [0.2, 0.25) is 5.31 Å². The average molecular weight is 266 g/mol. The van der Waals surface area contributed by atoms with Gasteiger partial charge < -0.3 is 5.11 Å². The number of rotatable bonds is 0. The number of fused-ring (bicyclic) bond motifs is 5. The van der Waals surface area contributed by atoms with E-state index in [0.717, 1.165) is 32.1 Å². The third kappa shape index (κ3) is 1.55. The van der Waals surface area contributed by atoms with Gasteiger partial charge in [-0.3, -0.25) is 4.79 Å². The van der Waals surface area contributed by atoms with Crippen LogP contribution < -0.4 is 0 Å². The van der Waals surface area contributed by atoms with Gasteiger partial charge in [0.15, 0.2) is 0 Å². The van der Waals surface area contributed by atoms with Crippen LogP contribution in [-0.4, -0.2) is 18.7 Å². The van der Waals surface area contributed by atoms with Crippen molar-refractivity contribution < 1.29 is 9.90 Å². The van der Waals surface area contributed by atoms with Crippen LogP contribution in [-0.2, 0) is 11.2 Å². The molecule has 0 heterocycles. The van der Waals surface area contributed by atoms with E-state index in [1.165, 1.54) is 11.1 Å². The maximum atomic E-state index is 12.1. The zero-order valence-electron chi connectivity index (χ0n) is 11.6. The molecule has 3 aliphatic carbocycles. The molecule has 2 saturated carbocycles. The van der Waals surface area contributed by atoms with E-state index >= 15 is 0 Å². The number of phenolic OH excluding ortho intramolecular Hbond substituents is 1. The Morgan fingerprint density at radius 2 is 2.05 bits per heavy atom. The highest BCUT2D eigenvalue weighted by Crippen LogP contribution is 2.62. The lowest BCUT2D eigenvalue weighted by Crippen LogP contribution is -2.40. The Balaban J connectivity index is 1.73. The average Bonchev–Trinajstić information content (AvgIpc) is 2.74. The van der Waals surface area contributed by atoms with Crippen molar-refractivity contribution in [3.05, 3.63) is 29.3 Å². The van der Waals surface area contributed by atoms with Crippen molar-refractivity contribution >= 4 is 13.6 Å². The molecule has 4 rings (SSSR count). The molecule has 0 amide bonds. The lowest BCUT2D eigenvalue weighted by Gasteiger charge is -2.48. The molecule has 0 bridgehead atoms. The van der Waals surface area contributed by atoms with Gasteiger partial charge >= 0.3 is 0 Å². The molecule has 1 unspecified atom stereocenters. The number of benzene rings is 1. The van der Waals surface area contributed by atoms with Gasteiger partial charge in [-0.05, 0) is 78.4 Å². The number of Topliss-reactive ketones (excluding diaryl/α,β-unsaturated/α-hetero) is 1. The summed E-state index contributed by atoms with van der Waals surface area (Å²) in [7, 11) is 6.47. The molecule has 102 valence electrons. The topological polar surface area (TPSA) is 37.3 Å². The van der Waals surface area contributed by atoms with E-state index in [4.69, 9.17) is 7.85 Å². The van der Waals surface area contributed by atoms with E-state index in [-0.39, 0.29) is 5.78 Å². The maximum Gasteiger partial charge on any atom is 0.130 e. The summed E-state index contributed by atoms with van der Waals surface area (Å²) in [6, 6.07) is 5.79. The highest BCUT2D eigenvalue weighted by atomic mass is 16.3. The van der Waals surface area contributed by atoms with Crippen molar-refractivity contribution in [2.45, 2.75) is 49.8 Å². The first-order valence-corrected chi connectivity index (χ1v) is 7.73. The van der Waals surface area contributed by atoms with Gasteiger partial charge in [0.25, 0.3) is 0 Å². The Kier molecular flexibility index (Phi) is 2.58. The quantitative estimate of drug-likeness (QED) is 0.732. The van der Waals surface area contributed by atoms with Crippen molar-refractivity contribution in [3.8, 4) is 5.75 Å². The van der Waals surface area contributed by atoms with Gasteiger partial charge in [0, 0.05) is 6.42 Å². The molecule has 0 aromatic heterocycles. The summed E-state index contributed by atoms with van der Waals surface area (Å²) in [5.41, 5.74) is 2.68. The number of carbonyl (C=O) groups excluding carboxylic acids is 1. The van der Waals surface area contributed by atoms with Gasteiger partial charge in [-0.1, -0.05) is 6.07 Å². The summed E-state index contributed by atoms with van der Waals surface area (Å²) in [4.78, 5) is 12.1. The van der Waals surface area contributed by atoms with Crippen LogP contribution in [0, 0.1) is 11.8 Å². The second kappa shape index (κ2) is 4.13. The van der Waals surface area contributed by atoms with Crippen LogP contribution in [0.15, 0.2) is 18.2 Å². The highest BCUT2D eigenvalue weighted by molar-refractivity contribution is 6.29. The van der Waals surface area contributed by atoms with Gasteiger partial charge in [0.2, 0.25) is 0 Å². The number of carbonyl (C=O) groups is 1. The molecule has 3 aliphatic rings. The first kappa shape index (κ1) is 12.5. The van der Waals surface area contributed by atoms with E-state index in [2.05, 4.69) is 6.07 Å². The minimum Gasteiger partial charge on any atom is -0.508 e. The summed E-state index contributed by atoms with van der Waals surface area (Å²) in [6.07, 6.45) is 5.61. The van der Waals surface area contributed by atoms with E-state index in [0.29, 0.717) is 29.9 Å². The SMILES string of the molecule is [B]C12CC[C@@H]3c4ccc(O)cc4CC[C@H]3[C@@H]1CCC2=O. The van der Waals surface area contributed by atoms with Crippen LogP contribution in [0.3, 0.4) is 0 Å². The Morgan fingerprint density at radius 3 is 2.90 bits per heavy atom. The van der Waals surface area contributed by atoms with Gasteiger partial charge in [-0.25, -0.2) is 0 Å². The largest absolute Gasteiger partial charge is 0.508 e. The lowest BCUT2D eigenvalue weighted by molar-refractivity contribution is -0.121. The highest BCUT2D eigenvalue weighted by Gasteiger charge is 2.53. The number of aryl methyl sites for hydroxylation is 1. The number of phenols is 1. The number of aromatic hydroxyl groups is 1. The predicted molar refractivity (Wildman–Crippen MR) is 78.1 cm³/mol. The third-order valence-corrected chi connectivity index (χ3v) is 6.04. The molecule has 0 saturated heterocycles. The summed E-state index contributed by atoms with van der Waals surface area (Å²) in [5.74, 6) is 2.11. The van der Waals surface area contributed by atoms with Crippen LogP contribution in [0.4, 0.5) is 0 Å². The normalized spacial score (nSPS) is 39.0. The molecule has 2 fully saturated rings. The van der Waals surface area contributed by atoms with Crippen molar-refractivity contribution in [1.82, 2.24) is 0 Å². The molecule has 1 N–H and O–H groups in total. The minimum absolute atomic E-state index is 0.289. The zero-order chi connectivity index (χ0) is 13.9.